The molecule has 1 heterocycles. The van der Waals surface area contributed by atoms with Gasteiger partial charge in [-0.3, -0.25) is 4.79 Å². The van der Waals surface area contributed by atoms with E-state index in [0.717, 1.165) is 43.1 Å². The number of halogens is 1. The number of carbonyl (C=O) groups is 1. The Bertz CT molecular complexity index is 1230. The zero-order valence-electron chi connectivity index (χ0n) is 18.9. The van der Waals surface area contributed by atoms with Crippen molar-refractivity contribution in [1.82, 2.24) is 4.72 Å². The number of carboxylic acid groups (broad SMARTS) is 1. The fourth-order valence-electron chi connectivity index (χ4n) is 4.03. The number of hydrogen-bond acceptors (Lipinski definition) is 6. The Kier molecular flexibility index (Phi) is 8.76. The first-order chi connectivity index (χ1) is 16.3. The van der Waals surface area contributed by atoms with Crippen LogP contribution >= 0.6 is 17.0 Å². The number of anilines is 2. The van der Waals surface area contributed by atoms with Gasteiger partial charge in [-0.25, -0.2) is 8.42 Å². The van der Waals surface area contributed by atoms with Gasteiger partial charge in [0.2, 0.25) is 10.0 Å². The minimum absolute atomic E-state index is 0. The number of nitrogens with zero attached hydrogens (tertiary/aromatic N) is 2. The van der Waals surface area contributed by atoms with Gasteiger partial charge in [0.1, 0.15) is 11.8 Å². The van der Waals surface area contributed by atoms with Crippen LogP contribution in [0.15, 0.2) is 83.8 Å². The smallest absolute Gasteiger partial charge is 0.322 e. The van der Waals surface area contributed by atoms with Crippen molar-refractivity contribution in [3.63, 3.8) is 0 Å². The Morgan fingerprint density at radius 1 is 0.857 bits per heavy atom. The fraction of sp³-hybridized carbons (Fsp3) is 0.240. The molecular weight excluding hydrogens is 534 g/mol. The third-order valence-corrected chi connectivity index (χ3v) is 7.35. The molecule has 10 heteroatoms. The van der Waals surface area contributed by atoms with E-state index in [1.807, 2.05) is 18.2 Å². The molecule has 1 aliphatic heterocycles. The summed E-state index contributed by atoms with van der Waals surface area (Å²) in [6.07, 6.45) is 0.0525. The molecule has 1 unspecified atom stereocenters. The molecule has 4 rings (SSSR count). The van der Waals surface area contributed by atoms with Crippen LogP contribution in [0.4, 0.5) is 11.4 Å². The van der Waals surface area contributed by atoms with Crippen LogP contribution in [0.25, 0.3) is 0 Å². The molecule has 186 valence electrons. The lowest BCUT2D eigenvalue weighted by atomic mass is 10.1. The molecule has 1 saturated heterocycles. The summed E-state index contributed by atoms with van der Waals surface area (Å²) in [6, 6.07) is 21.3. The second-order valence-corrected chi connectivity index (χ2v) is 9.90. The van der Waals surface area contributed by atoms with Crippen molar-refractivity contribution in [2.24, 2.45) is 0 Å². The zero-order valence-corrected chi connectivity index (χ0v) is 21.5. The van der Waals surface area contributed by atoms with Crippen molar-refractivity contribution in [3.8, 4) is 5.75 Å². The van der Waals surface area contributed by atoms with Crippen LogP contribution in [-0.4, -0.2) is 56.8 Å². The Labute approximate surface area is 215 Å². The zero-order chi connectivity index (χ0) is 24.1. The van der Waals surface area contributed by atoms with Crippen LogP contribution in [0.5, 0.6) is 5.75 Å². The summed E-state index contributed by atoms with van der Waals surface area (Å²) in [5.41, 5.74) is 2.60. The largest absolute Gasteiger partial charge is 0.508 e. The number of benzene rings is 3. The predicted octanol–water partition coefficient (Wildman–Crippen LogP) is 3.27. The standard InChI is InChI=1S/C25H27N3O5S.BrH/c29-22-8-4-7-21(18-22)28-15-13-27(14-16-28)20-9-11-23(12-10-20)34(32,33)26-24(25(30)31)17-19-5-2-1-3-6-19;/h1-12,18,24,26,29H,13-17H2,(H,30,31);1H. The molecular formula is C25H28BrN3O5S. The lowest BCUT2D eigenvalue weighted by Gasteiger charge is -2.37. The maximum Gasteiger partial charge on any atom is 0.322 e. The Balaban J connectivity index is 0.00000342. The van der Waals surface area contributed by atoms with Crippen LogP contribution in [0.3, 0.4) is 0 Å². The maximum absolute atomic E-state index is 12.8. The molecule has 3 aromatic carbocycles. The van der Waals surface area contributed by atoms with Crippen LogP contribution in [-0.2, 0) is 21.2 Å². The van der Waals surface area contributed by atoms with Crippen molar-refractivity contribution < 1.29 is 23.4 Å². The minimum atomic E-state index is -4.00. The second kappa shape index (κ2) is 11.6. The van der Waals surface area contributed by atoms with E-state index >= 15 is 0 Å². The van der Waals surface area contributed by atoms with E-state index in [-0.39, 0.29) is 34.0 Å². The summed E-state index contributed by atoms with van der Waals surface area (Å²) >= 11 is 0. The summed E-state index contributed by atoms with van der Waals surface area (Å²) in [4.78, 5) is 16.0. The molecule has 0 aliphatic carbocycles. The topological polar surface area (TPSA) is 110 Å². The number of carboxylic acids is 1. The molecule has 0 saturated carbocycles. The van der Waals surface area contributed by atoms with Crippen molar-refractivity contribution in [2.45, 2.75) is 17.4 Å². The first kappa shape index (κ1) is 26.5. The quantitative estimate of drug-likeness (QED) is 0.387. The monoisotopic (exact) mass is 561 g/mol. The predicted molar refractivity (Wildman–Crippen MR) is 141 cm³/mol. The van der Waals surface area contributed by atoms with Crippen molar-refractivity contribution in [3.05, 3.63) is 84.4 Å². The third-order valence-electron chi connectivity index (χ3n) is 5.86. The van der Waals surface area contributed by atoms with E-state index < -0.39 is 22.0 Å². The number of hydrogen-bond donors (Lipinski definition) is 3. The van der Waals surface area contributed by atoms with Gasteiger partial charge in [-0.2, -0.15) is 4.72 Å². The molecule has 0 bridgehead atoms. The van der Waals surface area contributed by atoms with Crippen LogP contribution in [0, 0.1) is 0 Å². The Morgan fingerprint density at radius 2 is 1.46 bits per heavy atom. The van der Waals surface area contributed by atoms with Crippen LogP contribution < -0.4 is 14.5 Å². The molecule has 0 aromatic heterocycles. The second-order valence-electron chi connectivity index (χ2n) is 8.19. The average Bonchev–Trinajstić information content (AvgIpc) is 2.84. The van der Waals surface area contributed by atoms with Crippen molar-refractivity contribution in [2.75, 3.05) is 36.0 Å². The van der Waals surface area contributed by atoms with Gasteiger partial charge in [-0.15, -0.1) is 17.0 Å². The van der Waals surface area contributed by atoms with Gasteiger partial charge in [0.05, 0.1) is 4.90 Å². The van der Waals surface area contributed by atoms with E-state index in [1.54, 1.807) is 48.5 Å². The van der Waals surface area contributed by atoms with Gasteiger partial charge in [0.25, 0.3) is 0 Å². The number of sulfonamides is 1. The first-order valence-corrected chi connectivity index (χ1v) is 12.5. The summed E-state index contributed by atoms with van der Waals surface area (Å²) < 4.78 is 28.0. The van der Waals surface area contributed by atoms with Gasteiger partial charge >= 0.3 is 5.97 Å². The molecule has 3 aromatic rings. The molecule has 0 spiro atoms. The Hall–Kier alpha value is -3.08. The van der Waals surface area contributed by atoms with E-state index in [0.29, 0.717) is 0 Å². The highest BCUT2D eigenvalue weighted by molar-refractivity contribution is 8.93. The number of phenols is 1. The first-order valence-electron chi connectivity index (χ1n) is 11.0. The fourth-order valence-corrected chi connectivity index (χ4v) is 5.22. The lowest BCUT2D eigenvalue weighted by molar-refractivity contribution is -0.138. The molecule has 0 amide bonds. The highest BCUT2D eigenvalue weighted by Crippen LogP contribution is 2.24. The number of piperazine rings is 1. The molecule has 1 aliphatic rings. The lowest BCUT2D eigenvalue weighted by Crippen LogP contribution is -2.46. The average molecular weight is 562 g/mol. The van der Waals surface area contributed by atoms with Gasteiger partial charge in [-0.05, 0) is 48.4 Å². The summed E-state index contributed by atoms with van der Waals surface area (Å²) in [5.74, 6) is -0.993. The summed E-state index contributed by atoms with van der Waals surface area (Å²) in [6.45, 7) is 3.03. The number of aliphatic carboxylic acids is 1. The molecule has 35 heavy (non-hydrogen) atoms. The van der Waals surface area contributed by atoms with Gasteiger partial charge < -0.3 is 20.0 Å². The Morgan fingerprint density at radius 3 is 2.03 bits per heavy atom. The SMILES string of the molecule is Br.O=C(O)C(Cc1ccccc1)NS(=O)(=O)c1ccc(N2CCN(c3cccc(O)c3)CC2)cc1. The van der Waals surface area contributed by atoms with E-state index in [9.17, 15) is 23.4 Å². The van der Waals surface area contributed by atoms with E-state index in [1.165, 1.54) is 12.1 Å². The van der Waals surface area contributed by atoms with E-state index in [4.69, 9.17) is 0 Å². The molecule has 1 atom stereocenters. The molecule has 3 N–H and O–H groups in total. The number of nitrogens with one attached hydrogen (secondary N) is 1. The summed E-state index contributed by atoms with van der Waals surface area (Å²) in [5, 5.41) is 19.2. The van der Waals surface area contributed by atoms with Gasteiger partial charge in [-0.1, -0.05) is 36.4 Å². The van der Waals surface area contributed by atoms with Crippen molar-refractivity contribution in [1.29, 1.82) is 0 Å². The number of phenolic OH excluding ortho intramolecular Hbond substituents is 1. The van der Waals surface area contributed by atoms with E-state index in [2.05, 4.69) is 14.5 Å². The minimum Gasteiger partial charge on any atom is -0.508 e. The van der Waals surface area contributed by atoms with Crippen molar-refractivity contribution >= 4 is 44.3 Å². The van der Waals surface area contributed by atoms with Gasteiger partial charge in [0.15, 0.2) is 0 Å². The molecule has 8 nitrogen and oxygen atoms in total. The highest BCUT2D eigenvalue weighted by Gasteiger charge is 2.26. The van der Waals surface area contributed by atoms with Gasteiger partial charge in [0, 0.05) is 43.6 Å². The molecule has 0 radical (unpaired) electrons. The number of rotatable bonds is 8. The number of aromatic hydroxyl groups is 1. The highest BCUT2D eigenvalue weighted by atomic mass is 79.9. The van der Waals surface area contributed by atoms with Crippen LogP contribution in [0.2, 0.25) is 0 Å². The normalized spacial score (nSPS) is 14.7. The maximum atomic E-state index is 12.8. The molecule has 1 fully saturated rings. The summed E-state index contributed by atoms with van der Waals surface area (Å²) in [7, 11) is -4.00. The third kappa shape index (κ3) is 6.74. The van der Waals surface area contributed by atoms with Crippen LogP contribution in [0.1, 0.15) is 5.56 Å².